The summed E-state index contributed by atoms with van der Waals surface area (Å²) in [5.41, 5.74) is 7.01. The third kappa shape index (κ3) is 3.10. The van der Waals surface area contributed by atoms with Crippen LogP contribution in [0.15, 0.2) is 12.3 Å². The van der Waals surface area contributed by atoms with E-state index in [0.717, 1.165) is 19.4 Å². The molecule has 1 fully saturated rings. The molecule has 19 heavy (non-hydrogen) atoms. The van der Waals surface area contributed by atoms with Gasteiger partial charge >= 0.3 is 0 Å². The Bertz CT molecular complexity index is 448. The second kappa shape index (κ2) is 5.65. The number of carbonyl (C=O) groups is 1. The Morgan fingerprint density at radius 1 is 1.53 bits per heavy atom. The first-order chi connectivity index (χ1) is 8.99. The first-order valence-corrected chi connectivity index (χ1v) is 6.89. The van der Waals surface area contributed by atoms with E-state index in [9.17, 15) is 4.79 Å². The van der Waals surface area contributed by atoms with E-state index in [0.29, 0.717) is 11.4 Å². The summed E-state index contributed by atoms with van der Waals surface area (Å²) in [6.45, 7) is 6.83. The topological polar surface area (TPSA) is 69.3 Å². The first kappa shape index (κ1) is 13.9. The van der Waals surface area contributed by atoms with E-state index in [-0.39, 0.29) is 24.1 Å². The van der Waals surface area contributed by atoms with Crippen molar-refractivity contribution in [1.29, 1.82) is 0 Å². The molecule has 2 heterocycles. The third-order valence-corrected chi connectivity index (χ3v) is 3.54. The van der Waals surface area contributed by atoms with Gasteiger partial charge in [0.05, 0.1) is 17.8 Å². The molecule has 1 aliphatic heterocycles. The number of hydrogen-bond acceptors (Lipinski definition) is 3. The number of nitrogens with one attached hydrogen (secondary N) is 1. The molecule has 0 saturated carbocycles. The standard InChI is InChI=1S/C14H23N3O2/c1-9(2)17-8-11(15)7-12(17)14(18)16-10(3)13-5-4-6-19-13/h7-10,13H,4-6,15H2,1-3H3,(H,16,18). The van der Waals surface area contributed by atoms with Crippen molar-refractivity contribution in [3.63, 3.8) is 0 Å². The molecular formula is C14H23N3O2. The number of anilines is 1. The molecule has 106 valence electrons. The highest BCUT2D eigenvalue weighted by Crippen LogP contribution is 2.18. The van der Waals surface area contributed by atoms with Gasteiger partial charge in [-0.1, -0.05) is 0 Å². The van der Waals surface area contributed by atoms with Gasteiger partial charge in [0, 0.05) is 18.8 Å². The maximum absolute atomic E-state index is 12.3. The van der Waals surface area contributed by atoms with Crippen LogP contribution in [-0.4, -0.2) is 29.2 Å². The molecule has 0 aliphatic carbocycles. The molecule has 0 radical (unpaired) electrons. The van der Waals surface area contributed by atoms with Crippen LogP contribution in [0.4, 0.5) is 5.69 Å². The van der Waals surface area contributed by atoms with Gasteiger partial charge in [-0.2, -0.15) is 0 Å². The van der Waals surface area contributed by atoms with Gasteiger partial charge in [0.2, 0.25) is 0 Å². The maximum atomic E-state index is 12.3. The molecule has 1 aliphatic rings. The molecule has 5 nitrogen and oxygen atoms in total. The largest absolute Gasteiger partial charge is 0.397 e. The molecule has 1 aromatic heterocycles. The molecule has 0 aromatic carbocycles. The molecule has 2 atom stereocenters. The van der Waals surface area contributed by atoms with E-state index >= 15 is 0 Å². The van der Waals surface area contributed by atoms with Gasteiger partial charge in [0.25, 0.3) is 5.91 Å². The Hall–Kier alpha value is -1.49. The lowest BCUT2D eigenvalue weighted by Crippen LogP contribution is -2.41. The summed E-state index contributed by atoms with van der Waals surface area (Å²) < 4.78 is 7.48. The van der Waals surface area contributed by atoms with Crippen molar-refractivity contribution in [1.82, 2.24) is 9.88 Å². The van der Waals surface area contributed by atoms with Crippen molar-refractivity contribution in [2.24, 2.45) is 0 Å². The van der Waals surface area contributed by atoms with E-state index in [1.54, 1.807) is 12.3 Å². The Kier molecular flexibility index (Phi) is 4.14. The van der Waals surface area contributed by atoms with Crippen molar-refractivity contribution < 1.29 is 9.53 Å². The first-order valence-electron chi connectivity index (χ1n) is 6.89. The molecular weight excluding hydrogens is 242 g/mol. The van der Waals surface area contributed by atoms with Gasteiger partial charge in [-0.05, 0) is 39.7 Å². The minimum absolute atomic E-state index is 0.0201. The number of amides is 1. The van der Waals surface area contributed by atoms with Crippen LogP contribution in [0.5, 0.6) is 0 Å². The van der Waals surface area contributed by atoms with E-state index in [1.165, 1.54) is 0 Å². The summed E-state index contributed by atoms with van der Waals surface area (Å²) >= 11 is 0. The molecule has 0 bridgehead atoms. The molecule has 2 unspecified atom stereocenters. The van der Waals surface area contributed by atoms with Crippen molar-refractivity contribution in [2.75, 3.05) is 12.3 Å². The zero-order valence-corrected chi connectivity index (χ0v) is 11.8. The Morgan fingerprint density at radius 3 is 2.84 bits per heavy atom. The van der Waals surface area contributed by atoms with Crippen molar-refractivity contribution in [2.45, 2.75) is 51.8 Å². The summed E-state index contributed by atoms with van der Waals surface area (Å²) in [7, 11) is 0. The second-order valence-corrected chi connectivity index (χ2v) is 5.47. The fourth-order valence-electron chi connectivity index (χ4n) is 2.48. The molecule has 1 aromatic rings. The predicted molar refractivity (Wildman–Crippen MR) is 75.1 cm³/mol. The minimum Gasteiger partial charge on any atom is -0.397 e. The smallest absolute Gasteiger partial charge is 0.268 e. The average Bonchev–Trinajstić information content (AvgIpc) is 2.96. The summed E-state index contributed by atoms with van der Waals surface area (Å²) in [6, 6.07) is 1.94. The van der Waals surface area contributed by atoms with Gasteiger partial charge in [-0.15, -0.1) is 0 Å². The van der Waals surface area contributed by atoms with Crippen LogP contribution in [0.25, 0.3) is 0 Å². The SMILES string of the molecule is CC(NC(=O)c1cc(N)cn1C(C)C)C1CCCO1. The third-order valence-electron chi connectivity index (χ3n) is 3.54. The van der Waals surface area contributed by atoms with E-state index in [4.69, 9.17) is 10.5 Å². The van der Waals surface area contributed by atoms with Crippen molar-refractivity contribution in [3.8, 4) is 0 Å². The van der Waals surface area contributed by atoms with Crippen LogP contribution >= 0.6 is 0 Å². The number of nitrogens with zero attached hydrogens (tertiary/aromatic N) is 1. The molecule has 1 saturated heterocycles. The molecule has 2 rings (SSSR count). The van der Waals surface area contributed by atoms with Gasteiger partial charge in [0.15, 0.2) is 0 Å². The van der Waals surface area contributed by atoms with Crippen LogP contribution in [0.1, 0.15) is 50.1 Å². The van der Waals surface area contributed by atoms with Gasteiger partial charge in [0.1, 0.15) is 5.69 Å². The van der Waals surface area contributed by atoms with Crippen molar-refractivity contribution in [3.05, 3.63) is 18.0 Å². The van der Waals surface area contributed by atoms with Crippen LogP contribution in [0.3, 0.4) is 0 Å². The van der Waals surface area contributed by atoms with Crippen molar-refractivity contribution >= 4 is 11.6 Å². The van der Waals surface area contributed by atoms with Gasteiger partial charge in [-0.25, -0.2) is 0 Å². The normalized spacial score (nSPS) is 20.7. The fraction of sp³-hybridized carbons (Fsp3) is 0.643. The van der Waals surface area contributed by atoms with E-state index in [2.05, 4.69) is 5.32 Å². The van der Waals surface area contributed by atoms with E-state index < -0.39 is 0 Å². The van der Waals surface area contributed by atoms with Gasteiger partial charge in [-0.3, -0.25) is 4.79 Å². The second-order valence-electron chi connectivity index (χ2n) is 5.47. The maximum Gasteiger partial charge on any atom is 0.268 e. The Labute approximate surface area is 114 Å². The number of carbonyl (C=O) groups excluding carboxylic acids is 1. The zero-order chi connectivity index (χ0) is 14.0. The average molecular weight is 265 g/mol. The molecule has 5 heteroatoms. The highest BCUT2D eigenvalue weighted by molar-refractivity contribution is 5.94. The molecule has 1 amide bonds. The summed E-state index contributed by atoms with van der Waals surface area (Å²) in [5.74, 6) is -0.0894. The lowest BCUT2D eigenvalue weighted by atomic mass is 10.1. The van der Waals surface area contributed by atoms with Crippen LogP contribution in [0.2, 0.25) is 0 Å². The number of nitrogen functional groups attached to an aromatic ring is 1. The van der Waals surface area contributed by atoms with E-state index in [1.807, 2.05) is 25.3 Å². The number of hydrogen-bond donors (Lipinski definition) is 2. The van der Waals surface area contributed by atoms with Crippen LogP contribution in [0, 0.1) is 0 Å². The highest BCUT2D eigenvalue weighted by Gasteiger charge is 2.25. The van der Waals surface area contributed by atoms with Crippen LogP contribution in [-0.2, 0) is 4.74 Å². The Balaban J connectivity index is 2.06. The fourth-order valence-corrected chi connectivity index (χ4v) is 2.48. The summed E-state index contributed by atoms with van der Waals surface area (Å²) in [5, 5.41) is 3.01. The minimum atomic E-state index is -0.0894. The molecule has 0 spiro atoms. The molecule has 3 N–H and O–H groups in total. The number of ether oxygens (including phenoxy) is 1. The quantitative estimate of drug-likeness (QED) is 0.874. The summed E-state index contributed by atoms with van der Waals surface area (Å²) in [4.78, 5) is 12.3. The number of aromatic nitrogens is 1. The lowest BCUT2D eigenvalue weighted by molar-refractivity contribution is 0.0706. The van der Waals surface area contributed by atoms with Gasteiger partial charge < -0.3 is 20.4 Å². The monoisotopic (exact) mass is 265 g/mol. The zero-order valence-electron chi connectivity index (χ0n) is 11.8. The Morgan fingerprint density at radius 2 is 2.26 bits per heavy atom. The number of rotatable bonds is 4. The summed E-state index contributed by atoms with van der Waals surface area (Å²) in [6.07, 6.45) is 4.01. The highest BCUT2D eigenvalue weighted by atomic mass is 16.5. The van der Waals surface area contributed by atoms with Crippen LogP contribution < -0.4 is 11.1 Å². The lowest BCUT2D eigenvalue weighted by Gasteiger charge is -2.21. The number of nitrogens with two attached hydrogens (primary N) is 1. The predicted octanol–water partition coefficient (Wildman–Crippen LogP) is 1.95.